The Hall–Kier alpha value is -2.45. The van der Waals surface area contributed by atoms with E-state index in [1.807, 2.05) is 49.3 Å². The van der Waals surface area contributed by atoms with Crippen LogP contribution in [-0.4, -0.2) is 33.6 Å². The van der Waals surface area contributed by atoms with Crippen LogP contribution in [0.3, 0.4) is 0 Å². The quantitative estimate of drug-likeness (QED) is 0.630. The first-order chi connectivity index (χ1) is 13.0. The summed E-state index contributed by atoms with van der Waals surface area (Å²) in [6.07, 6.45) is 6.09. The van der Waals surface area contributed by atoms with Gasteiger partial charge in [0.25, 0.3) is 5.56 Å². The first-order valence-corrected chi connectivity index (χ1v) is 10.2. The van der Waals surface area contributed by atoms with Crippen molar-refractivity contribution in [2.45, 2.75) is 22.1 Å². The number of likely N-dealkylation sites (N-methyl/N-ethyl adjacent to an activating group) is 1. The molecule has 0 radical (unpaired) electrons. The SMILES string of the molecule is CN(C)C1=C2CC(=NC=C1)Sc1c2ncn(CSc2ccccc2N)c1=O. The van der Waals surface area contributed by atoms with Crippen molar-refractivity contribution in [2.24, 2.45) is 4.99 Å². The van der Waals surface area contributed by atoms with Crippen LogP contribution in [0.25, 0.3) is 5.57 Å². The Bertz CT molecular complexity index is 1050. The molecule has 1 aromatic heterocycles. The highest BCUT2D eigenvalue weighted by molar-refractivity contribution is 8.14. The number of para-hydroxylation sites is 1. The summed E-state index contributed by atoms with van der Waals surface area (Å²) in [4.78, 5) is 25.8. The van der Waals surface area contributed by atoms with Gasteiger partial charge in [0.1, 0.15) is 4.90 Å². The summed E-state index contributed by atoms with van der Waals surface area (Å²) in [5.41, 5.74) is 9.51. The van der Waals surface area contributed by atoms with E-state index >= 15 is 0 Å². The smallest absolute Gasteiger partial charge is 0.268 e. The number of hydrogen-bond acceptors (Lipinski definition) is 7. The lowest BCUT2D eigenvalue weighted by molar-refractivity contribution is 0.530. The fraction of sp³-hybridized carbons (Fsp3) is 0.211. The van der Waals surface area contributed by atoms with E-state index in [1.165, 1.54) is 23.5 Å². The summed E-state index contributed by atoms with van der Waals surface area (Å²) < 4.78 is 1.63. The van der Waals surface area contributed by atoms with E-state index < -0.39 is 0 Å². The molecule has 4 rings (SSSR count). The van der Waals surface area contributed by atoms with E-state index in [9.17, 15) is 4.79 Å². The molecule has 0 unspecified atom stereocenters. The molecule has 0 aliphatic carbocycles. The van der Waals surface area contributed by atoms with Crippen LogP contribution in [0, 0.1) is 0 Å². The molecule has 2 N–H and O–H groups in total. The van der Waals surface area contributed by atoms with Crippen LogP contribution in [0.2, 0.25) is 0 Å². The number of hydrogen-bond donors (Lipinski definition) is 1. The molecule has 3 heterocycles. The number of fused-ring (bicyclic) bond motifs is 4. The van der Waals surface area contributed by atoms with Crippen molar-refractivity contribution in [3.8, 4) is 0 Å². The second-order valence-corrected chi connectivity index (χ2v) is 8.45. The van der Waals surface area contributed by atoms with E-state index in [0.29, 0.717) is 22.9 Å². The predicted molar refractivity (Wildman–Crippen MR) is 113 cm³/mol. The minimum absolute atomic E-state index is 0.0445. The van der Waals surface area contributed by atoms with Gasteiger partial charge < -0.3 is 10.6 Å². The van der Waals surface area contributed by atoms with Crippen molar-refractivity contribution in [1.29, 1.82) is 0 Å². The number of nitrogens with zero attached hydrogens (tertiary/aromatic N) is 4. The Labute approximate surface area is 165 Å². The zero-order chi connectivity index (χ0) is 19.0. The number of allylic oxidation sites excluding steroid dienone is 2. The Morgan fingerprint density at radius 2 is 2.15 bits per heavy atom. The molecule has 8 heteroatoms. The highest BCUT2D eigenvalue weighted by atomic mass is 32.2. The third-order valence-electron chi connectivity index (χ3n) is 4.35. The largest absolute Gasteiger partial charge is 0.398 e. The number of anilines is 1. The second kappa shape index (κ2) is 7.28. The van der Waals surface area contributed by atoms with Crippen molar-refractivity contribution in [3.05, 3.63) is 64.6 Å². The van der Waals surface area contributed by atoms with Crippen LogP contribution in [0.5, 0.6) is 0 Å². The second-order valence-electron chi connectivity index (χ2n) is 6.38. The molecule has 2 aliphatic heterocycles. The number of rotatable bonds is 4. The van der Waals surface area contributed by atoms with Gasteiger partial charge in [-0.2, -0.15) is 0 Å². The van der Waals surface area contributed by atoms with Gasteiger partial charge in [-0.1, -0.05) is 23.9 Å². The Kier molecular flexibility index (Phi) is 4.84. The molecule has 138 valence electrons. The Morgan fingerprint density at radius 1 is 1.33 bits per heavy atom. The molecule has 1 aromatic carbocycles. The average molecular weight is 398 g/mol. The fourth-order valence-corrected chi connectivity index (χ4v) is 4.92. The minimum atomic E-state index is -0.0445. The highest BCUT2D eigenvalue weighted by Crippen LogP contribution is 2.39. The van der Waals surface area contributed by atoms with E-state index in [4.69, 9.17) is 5.73 Å². The van der Waals surface area contributed by atoms with Crippen LogP contribution in [0.15, 0.2) is 68.1 Å². The molecule has 0 atom stereocenters. The van der Waals surface area contributed by atoms with Gasteiger partial charge in [0.2, 0.25) is 0 Å². The molecule has 0 spiro atoms. The molecule has 2 aliphatic rings. The molecular weight excluding hydrogens is 378 g/mol. The molecule has 0 amide bonds. The monoisotopic (exact) mass is 397 g/mol. The molecule has 0 saturated heterocycles. The average Bonchev–Trinajstić information content (AvgIpc) is 2.82. The predicted octanol–water partition coefficient (Wildman–Crippen LogP) is 3.27. The van der Waals surface area contributed by atoms with Gasteiger partial charge in [-0.3, -0.25) is 14.4 Å². The maximum Gasteiger partial charge on any atom is 0.268 e. The summed E-state index contributed by atoms with van der Waals surface area (Å²) in [5.74, 6) is 0.457. The number of nitrogens with two attached hydrogens (primary N) is 1. The summed E-state index contributed by atoms with van der Waals surface area (Å²) in [5, 5.41) is 0.919. The normalized spacial score (nSPS) is 15.3. The standard InChI is InChI=1S/C19H19N5OS2/c1-23(2)14-7-8-21-16-9-12(14)17-18(27-16)19(25)24(10-22-17)11-26-15-6-4-3-5-13(15)20/h3-8,10H,9,11,20H2,1-2H3. The van der Waals surface area contributed by atoms with Crippen LogP contribution in [0.4, 0.5) is 5.69 Å². The van der Waals surface area contributed by atoms with Crippen molar-refractivity contribution in [3.63, 3.8) is 0 Å². The van der Waals surface area contributed by atoms with Gasteiger partial charge in [-0.05, 0) is 18.2 Å². The number of aromatic nitrogens is 2. The van der Waals surface area contributed by atoms with Crippen LogP contribution < -0.4 is 11.3 Å². The lowest BCUT2D eigenvalue weighted by atomic mass is 10.1. The fourth-order valence-electron chi connectivity index (χ4n) is 3.00. The molecule has 2 aromatic rings. The van der Waals surface area contributed by atoms with Gasteiger partial charge in [-0.25, -0.2) is 4.98 Å². The first-order valence-electron chi connectivity index (χ1n) is 8.43. The van der Waals surface area contributed by atoms with E-state index in [2.05, 4.69) is 9.98 Å². The first kappa shape index (κ1) is 17.9. The Morgan fingerprint density at radius 3 is 2.93 bits per heavy atom. The zero-order valence-electron chi connectivity index (χ0n) is 15.0. The van der Waals surface area contributed by atoms with Gasteiger partial charge in [-0.15, -0.1) is 11.8 Å². The molecule has 2 bridgehead atoms. The summed E-state index contributed by atoms with van der Waals surface area (Å²) in [6, 6.07) is 7.65. The molecular formula is C19H19N5OS2. The van der Waals surface area contributed by atoms with Crippen LogP contribution in [-0.2, 0) is 5.88 Å². The number of aliphatic imine (C=N–C) groups is 1. The maximum atomic E-state index is 13.1. The molecule has 0 saturated carbocycles. The van der Waals surface area contributed by atoms with Gasteiger partial charge in [0.05, 0.1) is 22.9 Å². The third-order valence-corrected chi connectivity index (χ3v) is 6.50. The Balaban J connectivity index is 1.72. The van der Waals surface area contributed by atoms with Crippen molar-refractivity contribution < 1.29 is 0 Å². The number of thioether (sulfide) groups is 2. The van der Waals surface area contributed by atoms with Crippen molar-refractivity contribution >= 4 is 39.8 Å². The molecule has 27 heavy (non-hydrogen) atoms. The van der Waals surface area contributed by atoms with Gasteiger partial charge in [0.15, 0.2) is 0 Å². The van der Waals surface area contributed by atoms with E-state index in [0.717, 1.165) is 26.9 Å². The lowest BCUT2D eigenvalue weighted by Crippen LogP contribution is -2.26. The minimum Gasteiger partial charge on any atom is -0.398 e. The zero-order valence-corrected chi connectivity index (χ0v) is 16.7. The van der Waals surface area contributed by atoms with Gasteiger partial charge >= 0.3 is 0 Å². The van der Waals surface area contributed by atoms with E-state index in [-0.39, 0.29) is 5.56 Å². The third kappa shape index (κ3) is 3.42. The van der Waals surface area contributed by atoms with Crippen molar-refractivity contribution in [2.75, 3.05) is 19.8 Å². The molecule has 0 fully saturated rings. The lowest BCUT2D eigenvalue weighted by Gasteiger charge is -2.23. The summed E-state index contributed by atoms with van der Waals surface area (Å²) in [6.45, 7) is 0. The summed E-state index contributed by atoms with van der Waals surface area (Å²) >= 11 is 2.94. The van der Waals surface area contributed by atoms with Crippen molar-refractivity contribution in [1.82, 2.24) is 14.5 Å². The maximum absolute atomic E-state index is 13.1. The van der Waals surface area contributed by atoms with Gasteiger partial charge in [0, 0.05) is 48.6 Å². The number of benzene rings is 1. The van der Waals surface area contributed by atoms with E-state index in [1.54, 1.807) is 17.1 Å². The number of nitrogen functional groups attached to an aromatic ring is 1. The van der Waals surface area contributed by atoms with Crippen LogP contribution >= 0.6 is 23.5 Å². The summed E-state index contributed by atoms with van der Waals surface area (Å²) in [7, 11) is 3.97. The highest BCUT2D eigenvalue weighted by Gasteiger charge is 2.28. The molecule has 6 nitrogen and oxygen atoms in total. The van der Waals surface area contributed by atoms with Crippen LogP contribution in [0.1, 0.15) is 12.1 Å². The topological polar surface area (TPSA) is 76.5 Å².